The molecule has 2 aromatic carbocycles. The Morgan fingerprint density at radius 1 is 1.17 bits per heavy atom. The van der Waals surface area contributed by atoms with Gasteiger partial charge >= 0.3 is 0 Å². The Morgan fingerprint density at radius 3 is 2.45 bits per heavy atom. The Bertz CT molecular complexity index is 1040. The number of hydrogen-bond donors (Lipinski definition) is 2. The van der Waals surface area contributed by atoms with Gasteiger partial charge in [0.25, 0.3) is 11.1 Å². The van der Waals surface area contributed by atoms with Gasteiger partial charge in [0.1, 0.15) is 12.3 Å². The zero-order chi connectivity index (χ0) is 21.3. The fourth-order valence-electron chi connectivity index (χ4n) is 3.10. The molecule has 0 saturated carbocycles. The number of aryl methyl sites for hydroxylation is 3. The summed E-state index contributed by atoms with van der Waals surface area (Å²) in [6.45, 7) is 5.42. The SMILES string of the molecule is Cc1cc(C)c(NC(=O)CN2C(=O)S/C(=C/c3ccc(O)c(Br)c3)C2=O)c(C)c1. The van der Waals surface area contributed by atoms with E-state index in [-0.39, 0.29) is 17.2 Å². The molecule has 1 saturated heterocycles. The quantitative estimate of drug-likeness (QED) is 0.623. The van der Waals surface area contributed by atoms with Crippen LogP contribution < -0.4 is 5.32 Å². The second-order valence-electron chi connectivity index (χ2n) is 6.80. The number of carbonyl (C=O) groups excluding carboxylic acids is 3. The Balaban J connectivity index is 1.74. The molecule has 1 aliphatic rings. The maximum Gasteiger partial charge on any atom is 0.294 e. The zero-order valence-corrected chi connectivity index (χ0v) is 18.5. The van der Waals surface area contributed by atoms with Crippen molar-refractivity contribution >= 4 is 56.5 Å². The summed E-state index contributed by atoms with van der Waals surface area (Å²) in [7, 11) is 0. The third-order valence-corrected chi connectivity index (χ3v) is 5.93. The Morgan fingerprint density at radius 2 is 1.83 bits per heavy atom. The molecule has 0 aliphatic carbocycles. The van der Waals surface area contributed by atoms with Crippen LogP contribution >= 0.6 is 27.7 Å². The maximum atomic E-state index is 12.6. The molecule has 1 aliphatic heterocycles. The van der Waals surface area contributed by atoms with Crippen LogP contribution in [0.25, 0.3) is 6.08 Å². The number of phenols is 1. The van der Waals surface area contributed by atoms with Gasteiger partial charge in [0.2, 0.25) is 5.91 Å². The molecule has 1 fully saturated rings. The summed E-state index contributed by atoms with van der Waals surface area (Å²) in [6.07, 6.45) is 1.56. The van der Waals surface area contributed by atoms with Gasteiger partial charge in [-0.2, -0.15) is 0 Å². The highest BCUT2D eigenvalue weighted by Gasteiger charge is 2.36. The molecule has 0 aromatic heterocycles. The summed E-state index contributed by atoms with van der Waals surface area (Å²) in [5, 5.41) is 11.9. The first-order valence-electron chi connectivity index (χ1n) is 8.77. The lowest BCUT2D eigenvalue weighted by molar-refractivity contribution is -0.127. The zero-order valence-electron chi connectivity index (χ0n) is 16.1. The van der Waals surface area contributed by atoms with E-state index in [4.69, 9.17) is 0 Å². The van der Waals surface area contributed by atoms with Crippen LogP contribution in [-0.2, 0) is 9.59 Å². The molecule has 0 unspecified atom stereocenters. The minimum atomic E-state index is -0.517. The van der Waals surface area contributed by atoms with E-state index in [0.29, 0.717) is 15.7 Å². The van der Waals surface area contributed by atoms with E-state index in [0.717, 1.165) is 33.4 Å². The van der Waals surface area contributed by atoms with Crippen LogP contribution in [0, 0.1) is 20.8 Å². The highest BCUT2D eigenvalue weighted by Crippen LogP contribution is 2.33. The van der Waals surface area contributed by atoms with Crippen molar-refractivity contribution in [1.29, 1.82) is 0 Å². The average molecular weight is 475 g/mol. The van der Waals surface area contributed by atoms with Crippen molar-refractivity contribution in [3.05, 3.63) is 62.0 Å². The van der Waals surface area contributed by atoms with Crippen molar-refractivity contribution in [3.63, 3.8) is 0 Å². The van der Waals surface area contributed by atoms with Crippen LogP contribution in [0.2, 0.25) is 0 Å². The molecule has 2 aromatic rings. The van der Waals surface area contributed by atoms with E-state index >= 15 is 0 Å². The molecule has 3 rings (SSSR count). The highest BCUT2D eigenvalue weighted by atomic mass is 79.9. The van der Waals surface area contributed by atoms with Crippen LogP contribution in [0.5, 0.6) is 5.75 Å². The molecule has 29 heavy (non-hydrogen) atoms. The van der Waals surface area contributed by atoms with Crippen molar-refractivity contribution < 1.29 is 19.5 Å². The second kappa shape index (κ2) is 8.42. The van der Waals surface area contributed by atoms with Gasteiger partial charge in [0.15, 0.2) is 0 Å². The van der Waals surface area contributed by atoms with Gasteiger partial charge < -0.3 is 10.4 Å². The fourth-order valence-corrected chi connectivity index (χ4v) is 4.34. The van der Waals surface area contributed by atoms with Crippen LogP contribution in [-0.4, -0.2) is 33.6 Å². The summed E-state index contributed by atoms with van der Waals surface area (Å²) in [5.41, 5.74) is 4.27. The van der Waals surface area contributed by atoms with E-state index < -0.39 is 17.1 Å². The van der Waals surface area contributed by atoms with E-state index in [1.807, 2.05) is 32.9 Å². The highest BCUT2D eigenvalue weighted by molar-refractivity contribution is 9.10. The second-order valence-corrected chi connectivity index (χ2v) is 8.65. The number of rotatable bonds is 4. The molecule has 0 atom stereocenters. The number of amides is 3. The summed E-state index contributed by atoms with van der Waals surface area (Å²) in [5.74, 6) is -0.874. The van der Waals surface area contributed by atoms with E-state index in [1.165, 1.54) is 6.07 Å². The van der Waals surface area contributed by atoms with Crippen LogP contribution in [0.15, 0.2) is 39.7 Å². The largest absolute Gasteiger partial charge is 0.507 e. The molecule has 8 heteroatoms. The molecule has 1 heterocycles. The van der Waals surface area contributed by atoms with Crippen LogP contribution in [0.3, 0.4) is 0 Å². The predicted molar refractivity (Wildman–Crippen MR) is 118 cm³/mol. The molecular weight excluding hydrogens is 456 g/mol. The molecule has 3 amide bonds. The molecule has 0 spiro atoms. The average Bonchev–Trinajstić information content (AvgIpc) is 2.88. The summed E-state index contributed by atoms with van der Waals surface area (Å²) >= 11 is 4.00. The van der Waals surface area contributed by atoms with Crippen molar-refractivity contribution in [2.75, 3.05) is 11.9 Å². The number of thioether (sulfide) groups is 1. The van der Waals surface area contributed by atoms with Crippen molar-refractivity contribution in [3.8, 4) is 5.75 Å². The Hall–Kier alpha value is -2.58. The molecule has 150 valence electrons. The van der Waals surface area contributed by atoms with Crippen molar-refractivity contribution in [2.24, 2.45) is 0 Å². The van der Waals surface area contributed by atoms with Crippen molar-refractivity contribution in [2.45, 2.75) is 20.8 Å². The van der Waals surface area contributed by atoms with Gasteiger partial charge in [-0.25, -0.2) is 0 Å². The third kappa shape index (κ3) is 4.71. The minimum absolute atomic E-state index is 0.0774. The lowest BCUT2D eigenvalue weighted by Gasteiger charge is -2.15. The predicted octanol–water partition coefficient (Wildman–Crippen LogP) is 4.75. The molecular formula is C21H19BrN2O4S. The number of nitrogens with zero attached hydrogens (tertiary/aromatic N) is 1. The number of anilines is 1. The number of benzene rings is 2. The summed E-state index contributed by atoms with van der Waals surface area (Å²) in [6, 6.07) is 8.67. The normalized spacial score (nSPS) is 15.3. The smallest absolute Gasteiger partial charge is 0.294 e. The molecule has 0 bridgehead atoms. The lowest BCUT2D eigenvalue weighted by Crippen LogP contribution is -2.36. The first kappa shape index (κ1) is 21.1. The minimum Gasteiger partial charge on any atom is -0.507 e. The number of aromatic hydroxyl groups is 1. The van der Waals surface area contributed by atoms with Crippen molar-refractivity contribution in [1.82, 2.24) is 4.90 Å². The first-order valence-corrected chi connectivity index (χ1v) is 10.4. The van der Waals surface area contributed by atoms with E-state index in [1.54, 1.807) is 18.2 Å². The monoisotopic (exact) mass is 474 g/mol. The molecule has 6 nitrogen and oxygen atoms in total. The van der Waals surface area contributed by atoms with Gasteiger partial charge in [-0.05, 0) is 83.4 Å². The standard InChI is InChI=1S/C21H19BrN2O4S/c1-11-6-12(2)19(13(3)7-11)23-18(26)10-24-20(27)17(29-21(24)28)9-14-4-5-16(25)15(22)8-14/h4-9,25H,10H2,1-3H3,(H,23,26)/b17-9+. The molecule has 2 N–H and O–H groups in total. The third-order valence-electron chi connectivity index (χ3n) is 4.39. The number of phenolic OH excluding ortho intramolecular Hbond substituents is 1. The van der Waals surface area contributed by atoms with E-state index in [2.05, 4.69) is 21.2 Å². The summed E-state index contributed by atoms with van der Waals surface area (Å²) < 4.78 is 0.480. The van der Waals surface area contributed by atoms with Gasteiger partial charge in [-0.15, -0.1) is 0 Å². The first-order chi connectivity index (χ1) is 13.7. The van der Waals surface area contributed by atoms with Gasteiger partial charge in [0, 0.05) is 5.69 Å². The number of imide groups is 1. The summed E-state index contributed by atoms with van der Waals surface area (Å²) in [4.78, 5) is 38.5. The lowest BCUT2D eigenvalue weighted by atomic mass is 10.1. The topological polar surface area (TPSA) is 86.7 Å². The van der Waals surface area contributed by atoms with Gasteiger partial charge in [-0.3, -0.25) is 19.3 Å². The van der Waals surface area contributed by atoms with Crippen LogP contribution in [0.1, 0.15) is 22.3 Å². The van der Waals surface area contributed by atoms with E-state index in [9.17, 15) is 19.5 Å². The van der Waals surface area contributed by atoms with Crippen LogP contribution in [0.4, 0.5) is 10.5 Å². The number of nitrogens with one attached hydrogen (secondary N) is 1. The Labute approximate surface area is 181 Å². The number of hydrogen-bond acceptors (Lipinski definition) is 5. The van der Waals surface area contributed by atoms with Gasteiger partial charge in [0.05, 0.1) is 9.38 Å². The van der Waals surface area contributed by atoms with Gasteiger partial charge in [-0.1, -0.05) is 23.8 Å². The Kier molecular flexibility index (Phi) is 6.14. The fraction of sp³-hybridized carbons (Fsp3) is 0.190. The maximum absolute atomic E-state index is 12.6. The number of carbonyl (C=O) groups is 3. The molecule has 0 radical (unpaired) electrons. The number of halogens is 1.